The van der Waals surface area contributed by atoms with Crippen molar-refractivity contribution in [3.8, 4) is 0 Å². The molecule has 0 aromatic heterocycles. The van der Waals surface area contributed by atoms with Gasteiger partial charge in [-0.2, -0.15) is 0 Å². The second-order valence-electron chi connectivity index (χ2n) is 2.06. The number of halogens is 2. The van der Waals surface area contributed by atoms with Gasteiger partial charge in [-0.1, -0.05) is 6.92 Å². The second kappa shape index (κ2) is 4.39. The zero-order chi connectivity index (χ0) is 4.57. The molecule has 2 N–H and O–H groups in total. The van der Waals surface area contributed by atoms with E-state index in [2.05, 4.69) is 6.92 Å². The fraction of sp³-hybridized carbons (Fsp3) is 1.00. The van der Waals surface area contributed by atoms with E-state index in [0.717, 1.165) is 19.0 Å². The maximum Gasteiger partial charge on any atom is 0.0167 e. The molecule has 1 aliphatic heterocycles. The number of hydrogen-bond acceptors (Lipinski definition) is 2. The fourth-order valence-corrected chi connectivity index (χ4v) is 0.747. The van der Waals surface area contributed by atoms with Crippen LogP contribution in [-0.2, 0) is 0 Å². The van der Waals surface area contributed by atoms with Crippen molar-refractivity contribution in [2.24, 2.45) is 11.8 Å². The SMILES string of the molecule is CC1CN(N)C1.Cl.Cl. The first-order valence-corrected chi connectivity index (χ1v) is 2.28. The van der Waals surface area contributed by atoms with Gasteiger partial charge in [0.2, 0.25) is 0 Å². The lowest BCUT2D eigenvalue weighted by atomic mass is 10.1. The van der Waals surface area contributed by atoms with Gasteiger partial charge in [0.25, 0.3) is 0 Å². The van der Waals surface area contributed by atoms with E-state index >= 15 is 0 Å². The average Bonchev–Trinajstić information content (AvgIpc) is 1.33. The Balaban J connectivity index is 0. The molecule has 1 heterocycles. The number of nitrogens with two attached hydrogens (primary N) is 1. The van der Waals surface area contributed by atoms with Gasteiger partial charge < -0.3 is 0 Å². The smallest absolute Gasteiger partial charge is 0.0167 e. The molecule has 1 rings (SSSR count). The Hall–Kier alpha value is 0.500. The summed E-state index contributed by atoms with van der Waals surface area (Å²) in [6.45, 7) is 4.36. The van der Waals surface area contributed by atoms with E-state index in [1.807, 2.05) is 5.01 Å². The summed E-state index contributed by atoms with van der Waals surface area (Å²) in [6, 6.07) is 0. The molecular weight excluding hydrogens is 147 g/mol. The van der Waals surface area contributed by atoms with E-state index in [1.54, 1.807) is 0 Å². The molecule has 0 amide bonds. The molecule has 1 fully saturated rings. The summed E-state index contributed by atoms with van der Waals surface area (Å²) >= 11 is 0. The molecule has 1 aliphatic rings. The Labute approximate surface area is 62.2 Å². The summed E-state index contributed by atoms with van der Waals surface area (Å²) in [5, 5.41) is 1.82. The number of hydrazine groups is 1. The van der Waals surface area contributed by atoms with Crippen molar-refractivity contribution >= 4 is 24.8 Å². The van der Waals surface area contributed by atoms with Crippen molar-refractivity contribution in [1.29, 1.82) is 0 Å². The number of nitrogens with zero attached hydrogens (tertiary/aromatic N) is 1. The van der Waals surface area contributed by atoms with E-state index < -0.39 is 0 Å². The highest BCUT2D eigenvalue weighted by atomic mass is 35.5. The van der Waals surface area contributed by atoms with Gasteiger partial charge in [0.05, 0.1) is 0 Å². The molecule has 0 bridgehead atoms. The Bertz CT molecular complexity index is 48.0. The average molecular weight is 159 g/mol. The van der Waals surface area contributed by atoms with Crippen LogP contribution in [0.3, 0.4) is 0 Å². The van der Waals surface area contributed by atoms with Gasteiger partial charge in [0, 0.05) is 13.1 Å². The highest BCUT2D eigenvalue weighted by Gasteiger charge is 2.17. The van der Waals surface area contributed by atoms with E-state index in [-0.39, 0.29) is 24.8 Å². The summed E-state index contributed by atoms with van der Waals surface area (Å²) in [4.78, 5) is 0. The lowest BCUT2D eigenvalue weighted by molar-refractivity contribution is 0.115. The van der Waals surface area contributed by atoms with E-state index in [0.29, 0.717) is 0 Å². The first-order chi connectivity index (χ1) is 2.79. The molecular formula is C4H12Cl2N2. The fourth-order valence-electron chi connectivity index (χ4n) is 0.747. The van der Waals surface area contributed by atoms with Crippen molar-refractivity contribution < 1.29 is 0 Å². The predicted molar refractivity (Wildman–Crippen MR) is 39.4 cm³/mol. The third-order valence-corrected chi connectivity index (χ3v) is 1.09. The summed E-state index contributed by atoms with van der Waals surface area (Å²) in [7, 11) is 0. The molecule has 0 aromatic rings. The maximum absolute atomic E-state index is 5.30. The van der Waals surface area contributed by atoms with Crippen LogP contribution in [0.15, 0.2) is 0 Å². The first kappa shape index (κ1) is 11.3. The number of hydrogen-bond donors (Lipinski definition) is 1. The van der Waals surface area contributed by atoms with Crippen LogP contribution in [0.5, 0.6) is 0 Å². The minimum Gasteiger partial charge on any atom is -0.269 e. The van der Waals surface area contributed by atoms with Crippen molar-refractivity contribution in [3.05, 3.63) is 0 Å². The van der Waals surface area contributed by atoms with Crippen LogP contribution < -0.4 is 5.84 Å². The standard InChI is InChI=1S/C4H10N2.2ClH/c1-4-2-6(5)3-4;;/h4H,2-3,5H2,1H3;2*1H. The monoisotopic (exact) mass is 158 g/mol. The Morgan fingerprint density at radius 3 is 1.75 bits per heavy atom. The zero-order valence-electron chi connectivity index (χ0n) is 4.83. The highest BCUT2D eigenvalue weighted by molar-refractivity contribution is 5.85. The maximum atomic E-state index is 5.30. The van der Waals surface area contributed by atoms with Gasteiger partial charge >= 0.3 is 0 Å². The van der Waals surface area contributed by atoms with E-state index in [1.165, 1.54) is 0 Å². The molecule has 8 heavy (non-hydrogen) atoms. The molecule has 0 aliphatic carbocycles. The largest absolute Gasteiger partial charge is 0.269 e. The van der Waals surface area contributed by atoms with Crippen LogP contribution >= 0.6 is 24.8 Å². The Kier molecular flexibility index (Phi) is 6.20. The van der Waals surface area contributed by atoms with Crippen molar-refractivity contribution in [1.82, 2.24) is 5.01 Å². The topological polar surface area (TPSA) is 29.3 Å². The van der Waals surface area contributed by atoms with Crippen LogP contribution in [0.25, 0.3) is 0 Å². The molecule has 1 saturated heterocycles. The van der Waals surface area contributed by atoms with Crippen LogP contribution in [0.1, 0.15) is 6.92 Å². The van der Waals surface area contributed by atoms with E-state index in [9.17, 15) is 0 Å². The lowest BCUT2D eigenvalue weighted by Crippen LogP contribution is -2.49. The Morgan fingerprint density at radius 2 is 1.75 bits per heavy atom. The van der Waals surface area contributed by atoms with Crippen molar-refractivity contribution in [2.45, 2.75) is 6.92 Å². The lowest BCUT2D eigenvalue weighted by Gasteiger charge is -2.32. The molecule has 2 nitrogen and oxygen atoms in total. The molecule has 0 spiro atoms. The predicted octanol–water partition coefficient (Wildman–Crippen LogP) is 0.655. The second-order valence-corrected chi connectivity index (χ2v) is 2.06. The van der Waals surface area contributed by atoms with Gasteiger partial charge in [-0.3, -0.25) is 5.84 Å². The molecule has 0 unspecified atom stereocenters. The van der Waals surface area contributed by atoms with Gasteiger partial charge in [0.15, 0.2) is 0 Å². The van der Waals surface area contributed by atoms with Gasteiger partial charge in [-0.05, 0) is 5.92 Å². The molecule has 0 aromatic carbocycles. The first-order valence-electron chi connectivity index (χ1n) is 2.28. The minimum atomic E-state index is 0. The third-order valence-electron chi connectivity index (χ3n) is 1.09. The third kappa shape index (κ3) is 2.72. The normalized spacial score (nSPS) is 20.2. The summed E-state index contributed by atoms with van der Waals surface area (Å²) in [5.74, 6) is 6.14. The molecule has 52 valence electrons. The molecule has 0 radical (unpaired) electrons. The van der Waals surface area contributed by atoms with Crippen LogP contribution in [0.4, 0.5) is 0 Å². The van der Waals surface area contributed by atoms with E-state index in [4.69, 9.17) is 5.84 Å². The van der Waals surface area contributed by atoms with Crippen LogP contribution in [-0.4, -0.2) is 18.1 Å². The summed E-state index contributed by atoms with van der Waals surface area (Å²) in [5.41, 5.74) is 0. The Morgan fingerprint density at radius 1 is 1.38 bits per heavy atom. The summed E-state index contributed by atoms with van der Waals surface area (Å²) in [6.07, 6.45) is 0. The summed E-state index contributed by atoms with van der Waals surface area (Å²) < 4.78 is 0. The van der Waals surface area contributed by atoms with Crippen molar-refractivity contribution in [2.75, 3.05) is 13.1 Å². The number of rotatable bonds is 0. The quantitative estimate of drug-likeness (QED) is 0.526. The molecule has 0 atom stereocenters. The van der Waals surface area contributed by atoms with Gasteiger partial charge in [0.1, 0.15) is 0 Å². The highest BCUT2D eigenvalue weighted by Crippen LogP contribution is 2.07. The van der Waals surface area contributed by atoms with Gasteiger partial charge in [-0.25, -0.2) is 5.01 Å². The van der Waals surface area contributed by atoms with Gasteiger partial charge in [-0.15, -0.1) is 24.8 Å². The minimum absolute atomic E-state index is 0. The molecule has 0 saturated carbocycles. The van der Waals surface area contributed by atoms with Crippen LogP contribution in [0, 0.1) is 5.92 Å². The van der Waals surface area contributed by atoms with Crippen molar-refractivity contribution in [3.63, 3.8) is 0 Å². The molecule has 4 heteroatoms. The zero-order valence-corrected chi connectivity index (χ0v) is 6.47. The van der Waals surface area contributed by atoms with Crippen LogP contribution in [0.2, 0.25) is 0 Å².